The molecule has 1 aliphatic heterocycles. The first kappa shape index (κ1) is 21.7. The van der Waals surface area contributed by atoms with Gasteiger partial charge in [-0.05, 0) is 70.5 Å². The van der Waals surface area contributed by atoms with E-state index in [0.29, 0.717) is 43.9 Å². The number of hydrogen-bond acceptors (Lipinski definition) is 4. The molecule has 0 atom stereocenters. The molecule has 1 amide bonds. The number of carbonyl (C=O) groups excluding carboxylic acids is 2. The molecular weight excluding hydrogens is 362 g/mol. The lowest BCUT2D eigenvalue weighted by atomic mass is 9.97. The van der Waals surface area contributed by atoms with Gasteiger partial charge in [-0.15, -0.1) is 0 Å². The predicted octanol–water partition coefficient (Wildman–Crippen LogP) is 3.32. The molecule has 0 aromatic carbocycles. The number of unbranched alkanes of at least 4 members (excludes halogenated alkanes) is 1. The lowest BCUT2D eigenvalue weighted by Gasteiger charge is -2.30. The van der Waals surface area contributed by atoms with Crippen LogP contribution in [-0.2, 0) is 14.3 Å². The van der Waals surface area contributed by atoms with Gasteiger partial charge in [0, 0.05) is 32.5 Å². The second-order valence-electron chi connectivity index (χ2n) is 7.10. The summed E-state index contributed by atoms with van der Waals surface area (Å²) in [5.74, 6) is -0.110. The molecular formula is C20H33N3O3S. The van der Waals surface area contributed by atoms with E-state index in [4.69, 9.17) is 17.0 Å². The summed E-state index contributed by atoms with van der Waals surface area (Å²) in [6.45, 7) is 4.52. The van der Waals surface area contributed by atoms with Crippen molar-refractivity contribution in [1.82, 2.24) is 15.3 Å². The maximum Gasteiger partial charge on any atom is 0.305 e. The molecule has 6 nitrogen and oxygen atoms in total. The summed E-state index contributed by atoms with van der Waals surface area (Å²) in [5, 5.41) is 7.62. The van der Waals surface area contributed by atoms with E-state index in [1.165, 1.54) is 31.3 Å². The van der Waals surface area contributed by atoms with E-state index in [1.54, 1.807) is 11.9 Å². The molecule has 152 valence electrons. The fraction of sp³-hybridized carbons (Fsp3) is 0.750. The van der Waals surface area contributed by atoms with Crippen LogP contribution >= 0.6 is 12.2 Å². The molecule has 1 aliphatic carbocycles. The van der Waals surface area contributed by atoms with Crippen molar-refractivity contribution in [2.45, 2.75) is 71.1 Å². The van der Waals surface area contributed by atoms with Gasteiger partial charge in [0.05, 0.1) is 6.61 Å². The maximum absolute atomic E-state index is 12.5. The highest BCUT2D eigenvalue weighted by Crippen LogP contribution is 2.19. The fourth-order valence-corrected chi connectivity index (χ4v) is 3.83. The summed E-state index contributed by atoms with van der Waals surface area (Å²) < 4.78 is 4.91. The Bertz CT molecular complexity index is 551. The minimum absolute atomic E-state index is 0.0792. The topological polar surface area (TPSA) is 61.9 Å². The number of nitrogens with one attached hydrogen (secondary N) is 1. The van der Waals surface area contributed by atoms with Crippen LogP contribution in [0.5, 0.6) is 0 Å². The summed E-state index contributed by atoms with van der Waals surface area (Å²) in [5.41, 5.74) is 1.52. The van der Waals surface area contributed by atoms with Crippen LogP contribution in [0.2, 0.25) is 0 Å². The monoisotopic (exact) mass is 395 g/mol. The van der Waals surface area contributed by atoms with Crippen LogP contribution in [0.25, 0.3) is 0 Å². The number of ether oxygens (including phenoxy) is 1. The van der Waals surface area contributed by atoms with Gasteiger partial charge in [0.2, 0.25) is 5.91 Å². The fourth-order valence-electron chi connectivity index (χ4n) is 3.54. The van der Waals surface area contributed by atoms with Crippen LogP contribution in [0.1, 0.15) is 71.1 Å². The van der Waals surface area contributed by atoms with Crippen LogP contribution in [0.15, 0.2) is 11.6 Å². The Kier molecular flexibility index (Phi) is 9.59. The number of carbonyl (C=O) groups is 2. The Balaban J connectivity index is 1.68. The molecule has 27 heavy (non-hydrogen) atoms. The number of amides is 1. The van der Waals surface area contributed by atoms with Crippen molar-refractivity contribution < 1.29 is 14.3 Å². The highest BCUT2D eigenvalue weighted by Gasteiger charge is 2.28. The van der Waals surface area contributed by atoms with E-state index >= 15 is 0 Å². The number of hydrogen-bond donors (Lipinski definition) is 1. The molecule has 2 aliphatic rings. The molecule has 1 saturated heterocycles. The normalized spacial score (nSPS) is 16.9. The number of rotatable bonds is 9. The standard InChI is InChI=1S/C20H33N3O3S/c1-2-26-19(25)12-7-6-11-18(24)22-15-8-16-23(22)20(27)21-14-13-17-9-4-3-5-10-17/h9H,2-8,10-16H2,1H3,(H,21,27). The second-order valence-corrected chi connectivity index (χ2v) is 7.48. The summed E-state index contributed by atoms with van der Waals surface area (Å²) in [6.07, 6.45) is 11.5. The van der Waals surface area contributed by atoms with Crippen molar-refractivity contribution in [3.63, 3.8) is 0 Å². The van der Waals surface area contributed by atoms with Crippen LogP contribution in [0.3, 0.4) is 0 Å². The van der Waals surface area contributed by atoms with E-state index in [9.17, 15) is 9.59 Å². The minimum Gasteiger partial charge on any atom is -0.466 e. The predicted molar refractivity (Wildman–Crippen MR) is 110 cm³/mol. The molecule has 7 heteroatoms. The van der Waals surface area contributed by atoms with Gasteiger partial charge in [-0.25, -0.2) is 0 Å². The van der Waals surface area contributed by atoms with Crippen LogP contribution < -0.4 is 5.32 Å². The third kappa shape index (κ3) is 7.48. The minimum atomic E-state index is -0.189. The van der Waals surface area contributed by atoms with Crippen LogP contribution in [0, 0.1) is 0 Å². The zero-order chi connectivity index (χ0) is 19.5. The molecule has 2 rings (SSSR count). The first-order valence-electron chi connectivity index (χ1n) is 10.3. The lowest BCUT2D eigenvalue weighted by molar-refractivity contribution is -0.144. The average Bonchev–Trinajstić information content (AvgIpc) is 3.16. The summed E-state index contributed by atoms with van der Waals surface area (Å²) in [6, 6.07) is 0. The van der Waals surface area contributed by atoms with Crippen molar-refractivity contribution in [3.8, 4) is 0 Å². The molecule has 1 heterocycles. The number of esters is 1. The average molecular weight is 396 g/mol. The molecule has 0 spiro atoms. The van der Waals surface area contributed by atoms with E-state index in [0.717, 1.165) is 25.9 Å². The summed E-state index contributed by atoms with van der Waals surface area (Å²) in [4.78, 5) is 23.9. The molecule has 1 N–H and O–H groups in total. The van der Waals surface area contributed by atoms with Gasteiger partial charge in [0.1, 0.15) is 0 Å². The lowest BCUT2D eigenvalue weighted by Crippen LogP contribution is -2.49. The Labute approximate surface area is 168 Å². The molecule has 0 bridgehead atoms. The van der Waals surface area contributed by atoms with Crippen molar-refractivity contribution in [2.75, 3.05) is 26.2 Å². The van der Waals surface area contributed by atoms with Crippen molar-refractivity contribution in [3.05, 3.63) is 11.6 Å². The smallest absolute Gasteiger partial charge is 0.305 e. The Morgan fingerprint density at radius 1 is 1.15 bits per heavy atom. The van der Waals surface area contributed by atoms with Crippen molar-refractivity contribution in [2.24, 2.45) is 0 Å². The van der Waals surface area contributed by atoms with Crippen molar-refractivity contribution >= 4 is 29.2 Å². The highest BCUT2D eigenvalue weighted by molar-refractivity contribution is 7.80. The Morgan fingerprint density at radius 2 is 1.93 bits per heavy atom. The number of hydrazine groups is 1. The first-order chi connectivity index (χ1) is 13.1. The number of thiocarbonyl (C=S) groups is 1. The molecule has 0 aromatic heterocycles. The third-order valence-electron chi connectivity index (χ3n) is 4.99. The van der Waals surface area contributed by atoms with E-state index < -0.39 is 0 Å². The molecule has 0 unspecified atom stereocenters. The van der Waals surface area contributed by atoms with Crippen LogP contribution in [-0.4, -0.2) is 53.2 Å². The van der Waals surface area contributed by atoms with Gasteiger partial charge in [0.15, 0.2) is 5.11 Å². The molecule has 0 aromatic rings. The Hall–Kier alpha value is -1.63. The molecule has 0 radical (unpaired) electrons. The maximum atomic E-state index is 12.5. The van der Waals surface area contributed by atoms with Gasteiger partial charge in [-0.3, -0.25) is 19.6 Å². The largest absolute Gasteiger partial charge is 0.466 e. The molecule has 0 saturated carbocycles. The first-order valence-corrected chi connectivity index (χ1v) is 10.7. The quantitative estimate of drug-likeness (QED) is 0.280. The number of allylic oxidation sites excluding steroid dienone is 1. The van der Waals surface area contributed by atoms with E-state index in [1.807, 2.05) is 5.01 Å². The SMILES string of the molecule is CCOC(=O)CCCCC(=O)N1CCCN1C(=S)NCCC1=CCCCC1. The van der Waals surface area contributed by atoms with Gasteiger partial charge in [-0.2, -0.15) is 0 Å². The van der Waals surface area contributed by atoms with Crippen LogP contribution in [0.4, 0.5) is 0 Å². The number of nitrogens with zero attached hydrogens (tertiary/aromatic N) is 2. The summed E-state index contributed by atoms with van der Waals surface area (Å²) in [7, 11) is 0. The third-order valence-corrected chi connectivity index (χ3v) is 5.34. The van der Waals surface area contributed by atoms with Gasteiger partial charge < -0.3 is 10.1 Å². The van der Waals surface area contributed by atoms with Gasteiger partial charge in [-0.1, -0.05) is 11.6 Å². The van der Waals surface area contributed by atoms with Crippen molar-refractivity contribution in [1.29, 1.82) is 0 Å². The zero-order valence-corrected chi connectivity index (χ0v) is 17.3. The Morgan fingerprint density at radius 3 is 2.67 bits per heavy atom. The van der Waals surface area contributed by atoms with E-state index in [2.05, 4.69) is 11.4 Å². The molecule has 1 fully saturated rings. The zero-order valence-electron chi connectivity index (χ0n) is 16.5. The van der Waals surface area contributed by atoms with Gasteiger partial charge >= 0.3 is 5.97 Å². The van der Waals surface area contributed by atoms with E-state index in [-0.39, 0.29) is 11.9 Å². The highest BCUT2D eigenvalue weighted by atomic mass is 32.1. The van der Waals surface area contributed by atoms with Gasteiger partial charge in [0.25, 0.3) is 0 Å². The summed E-state index contributed by atoms with van der Waals surface area (Å²) >= 11 is 5.52. The second kappa shape index (κ2) is 12.0.